The lowest BCUT2D eigenvalue weighted by Crippen LogP contribution is -2.13. The molecule has 0 aliphatic carbocycles. The molecule has 0 saturated heterocycles. The maximum atomic E-state index is 12.7. The first-order valence-electron chi connectivity index (χ1n) is 5.66. The van der Waals surface area contributed by atoms with Gasteiger partial charge in [-0.3, -0.25) is 4.79 Å². The van der Waals surface area contributed by atoms with Crippen molar-refractivity contribution in [1.29, 1.82) is 0 Å². The Labute approximate surface area is 107 Å². The molecule has 1 aromatic heterocycles. The number of hydrogen-bond acceptors (Lipinski definition) is 4. The van der Waals surface area contributed by atoms with Crippen LogP contribution in [0.15, 0.2) is 10.5 Å². The molecule has 0 spiro atoms. The van der Waals surface area contributed by atoms with Crippen LogP contribution in [0, 0.1) is 0 Å². The molecule has 0 saturated carbocycles. The van der Waals surface area contributed by atoms with Crippen LogP contribution in [0.2, 0.25) is 0 Å². The highest BCUT2D eigenvalue weighted by Gasteiger charge is 2.41. The molecule has 7 heteroatoms. The molecule has 0 fully saturated rings. The van der Waals surface area contributed by atoms with E-state index in [2.05, 4.69) is 9.15 Å². The first-order valence-corrected chi connectivity index (χ1v) is 5.66. The average molecular weight is 278 g/mol. The summed E-state index contributed by atoms with van der Waals surface area (Å²) in [5, 5.41) is 0. The van der Waals surface area contributed by atoms with Gasteiger partial charge in [-0.25, -0.2) is 4.79 Å². The first kappa shape index (κ1) is 15.3. The van der Waals surface area contributed by atoms with Crippen LogP contribution in [-0.2, 0) is 10.9 Å². The second-order valence-corrected chi connectivity index (χ2v) is 3.90. The smallest absolute Gasteiger partial charge is 0.450 e. The summed E-state index contributed by atoms with van der Waals surface area (Å²) in [6.07, 6.45) is -3.57. The zero-order valence-electron chi connectivity index (χ0n) is 10.5. The minimum atomic E-state index is -4.85. The first-order chi connectivity index (χ1) is 8.77. The van der Waals surface area contributed by atoms with Crippen LogP contribution in [0.5, 0.6) is 0 Å². The van der Waals surface area contributed by atoms with Gasteiger partial charge < -0.3 is 9.15 Å². The van der Waals surface area contributed by atoms with E-state index in [-0.39, 0.29) is 6.61 Å². The second kappa shape index (κ2) is 5.90. The Balaban J connectivity index is 3.04. The van der Waals surface area contributed by atoms with Crippen molar-refractivity contribution in [2.45, 2.75) is 32.9 Å². The number of halogens is 3. The van der Waals surface area contributed by atoms with Crippen molar-refractivity contribution < 1.29 is 31.9 Å². The second-order valence-electron chi connectivity index (χ2n) is 3.90. The molecule has 0 bridgehead atoms. The molecule has 0 aliphatic rings. The van der Waals surface area contributed by atoms with Crippen molar-refractivity contribution >= 4 is 11.8 Å². The molecule has 1 rings (SSSR count). The average Bonchev–Trinajstić information content (AvgIpc) is 2.73. The van der Waals surface area contributed by atoms with Crippen LogP contribution in [0.4, 0.5) is 13.2 Å². The molecule has 0 amide bonds. The fourth-order valence-electron chi connectivity index (χ4n) is 1.31. The van der Waals surface area contributed by atoms with Crippen molar-refractivity contribution in [3.05, 3.63) is 23.2 Å². The topological polar surface area (TPSA) is 56.5 Å². The number of rotatable bonds is 5. The number of ether oxygens (including phenoxy) is 1. The number of ketones is 1. The van der Waals surface area contributed by atoms with E-state index in [1.165, 1.54) is 0 Å². The Bertz CT molecular complexity index is 474. The monoisotopic (exact) mass is 278 g/mol. The maximum Gasteiger partial charge on any atom is 0.450 e. The van der Waals surface area contributed by atoms with Gasteiger partial charge in [0.25, 0.3) is 0 Å². The third-order valence-electron chi connectivity index (χ3n) is 2.29. The third-order valence-corrected chi connectivity index (χ3v) is 2.29. The lowest BCUT2D eigenvalue weighted by molar-refractivity contribution is -0.153. The molecule has 4 nitrogen and oxygen atoms in total. The number of carbonyl (C=O) groups is 2. The summed E-state index contributed by atoms with van der Waals surface area (Å²) in [4.78, 5) is 22.5. The van der Waals surface area contributed by atoms with Crippen LogP contribution < -0.4 is 0 Å². The van der Waals surface area contributed by atoms with E-state index < -0.39 is 35.0 Å². The summed E-state index contributed by atoms with van der Waals surface area (Å²) >= 11 is 0. The highest BCUT2D eigenvalue weighted by molar-refractivity contribution is 5.97. The van der Waals surface area contributed by atoms with Gasteiger partial charge in [0.2, 0.25) is 5.76 Å². The predicted molar refractivity (Wildman–Crippen MR) is 58.9 cm³/mol. The van der Waals surface area contributed by atoms with Gasteiger partial charge in [-0.1, -0.05) is 13.3 Å². The molecule has 19 heavy (non-hydrogen) atoms. The summed E-state index contributed by atoms with van der Waals surface area (Å²) in [5.74, 6) is -3.86. The van der Waals surface area contributed by atoms with Gasteiger partial charge >= 0.3 is 12.1 Å². The molecule has 0 radical (unpaired) electrons. The molecule has 0 unspecified atom stereocenters. The van der Waals surface area contributed by atoms with Crippen LogP contribution in [0.3, 0.4) is 0 Å². The number of esters is 1. The quantitative estimate of drug-likeness (QED) is 0.470. The minimum absolute atomic E-state index is 0.0210. The van der Waals surface area contributed by atoms with Gasteiger partial charge in [0.15, 0.2) is 11.5 Å². The molecular formula is C12H13F3O4. The van der Waals surface area contributed by atoms with Gasteiger partial charge in [-0.05, 0) is 6.42 Å². The van der Waals surface area contributed by atoms with E-state index in [9.17, 15) is 22.8 Å². The van der Waals surface area contributed by atoms with Crippen molar-refractivity contribution in [3.8, 4) is 0 Å². The van der Waals surface area contributed by atoms with E-state index in [0.29, 0.717) is 6.42 Å². The van der Waals surface area contributed by atoms with E-state index in [0.717, 1.165) is 19.4 Å². The predicted octanol–water partition coefficient (Wildman–Crippen LogP) is 3.46. The maximum absolute atomic E-state index is 12.7. The molecule has 106 valence electrons. The van der Waals surface area contributed by atoms with Crippen molar-refractivity contribution in [2.75, 3.05) is 6.61 Å². The Morgan fingerprint density at radius 3 is 2.47 bits per heavy atom. The van der Waals surface area contributed by atoms with E-state index >= 15 is 0 Å². The molecule has 0 atom stereocenters. The lowest BCUT2D eigenvalue weighted by Gasteiger charge is -2.06. The van der Waals surface area contributed by atoms with Gasteiger partial charge in [-0.2, -0.15) is 13.2 Å². The van der Waals surface area contributed by atoms with E-state index in [4.69, 9.17) is 0 Å². The largest absolute Gasteiger partial charge is 0.462 e. The lowest BCUT2D eigenvalue weighted by atomic mass is 10.2. The highest BCUT2D eigenvalue weighted by atomic mass is 19.4. The summed E-state index contributed by atoms with van der Waals surface area (Å²) < 4.78 is 47.1. The van der Waals surface area contributed by atoms with Crippen molar-refractivity contribution in [3.63, 3.8) is 0 Å². The zero-order valence-corrected chi connectivity index (χ0v) is 10.5. The summed E-state index contributed by atoms with van der Waals surface area (Å²) in [7, 11) is 0. The van der Waals surface area contributed by atoms with Crippen LogP contribution in [0.1, 0.15) is 53.4 Å². The molecule has 1 heterocycles. The van der Waals surface area contributed by atoms with Crippen LogP contribution in [0.25, 0.3) is 0 Å². The Hall–Kier alpha value is -1.79. The number of carbonyl (C=O) groups excluding carboxylic acids is 2. The number of hydrogen-bond donors (Lipinski definition) is 0. The minimum Gasteiger partial charge on any atom is -0.462 e. The number of Topliss-reactive ketones (excluding diaryl/α,β-unsaturated/α-hetero) is 1. The number of alkyl halides is 3. The summed E-state index contributed by atoms with van der Waals surface area (Å²) in [6.45, 7) is 2.92. The Morgan fingerprint density at radius 1 is 1.37 bits per heavy atom. The highest BCUT2D eigenvalue weighted by Crippen LogP contribution is 2.34. The van der Waals surface area contributed by atoms with E-state index in [1.807, 2.05) is 6.92 Å². The number of furan rings is 1. The normalized spacial score (nSPS) is 11.4. The Morgan fingerprint density at radius 2 is 2.00 bits per heavy atom. The zero-order chi connectivity index (χ0) is 14.6. The fraction of sp³-hybridized carbons (Fsp3) is 0.500. The Kier molecular flexibility index (Phi) is 4.74. The van der Waals surface area contributed by atoms with Gasteiger partial charge in [0.1, 0.15) is 5.56 Å². The van der Waals surface area contributed by atoms with Gasteiger partial charge in [-0.15, -0.1) is 0 Å². The van der Waals surface area contributed by atoms with Gasteiger partial charge in [0.05, 0.1) is 6.61 Å². The van der Waals surface area contributed by atoms with Crippen molar-refractivity contribution in [1.82, 2.24) is 0 Å². The van der Waals surface area contributed by atoms with Crippen molar-refractivity contribution in [2.24, 2.45) is 0 Å². The van der Waals surface area contributed by atoms with E-state index in [1.54, 1.807) is 0 Å². The fourth-order valence-corrected chi connectivity index (χ4v) is 1.31. The number of unbranched alkanes of at least 4 members (excludes halogenated alkanes) is 1. The van der Waals surface area contributed by atoms with Gasteiger partial charge in [0, 0.05) is 13.0 Å². The SMILES string of the molecule is CCCCOC(=O)c1cc(C(C)=O)oc1C(F)(F)F. The third kappa shape index (κ3) is 3.84. The molecular weight excluding hydrogens is 265 g/mol. The molecule has 1 aromatic rings. The molecule has 0 aliphatic heterocycles. The molecule has 0 aromatic carbocycles. The van der Waals surface area contributed by atoms with Crippen LogP contribution in [-0.4, -0.2) is 18.4 Å². The standard InChI is InChI=1S/C12H13F3O4/c1-3-4-5-18-11(17)8-6-9(7(2)16)19-10(8)12(13,14)15/h6H,3-5H2,1-2H3. The summed E-state index contributed by atoms with van der Waals surface area (Å²) in [6, 6.07) is 0.763. The van der Waals surface area contributed by atoms with Crippen LogP contribution >= 0.6 is 0 Å². The molecule has 0 N–H and O–H groups in total. The summed E-state index contributed by atoms with van der Waals surface area (Å²) in [5.41, 5.74) is -0.770.